The summed E-state index contributed by atoms with van der Waals surface area (Å²) in [5.74, 6) is 0.655. The summed E-state index contributed by atoms with van der Waals surface area (Å²) < 4.78 is 0. The van der Waals surface area contributed by atoms with E-state index >= 15 is 0 Å². The third-order valence-corrected chi connectivity index (χ3v) is 24.4. The van der Waals surface area contributed by atoms with E-state index in [4.69, 9.17) is 23.1 Å². The van der Waals surface area contributed by atoms with E-state index in [9.17, 15) is 49.5 Å². The summed E-state index contributed by atoms with van der Waals surface area (Å²) in [6, 6.07) is 25.0. The van der Waals surface area contributed by atoms with Gasteiger partial charge in [-0.1, -0.05) is 48.5 Å². The first-order valence-electron chi connectivity index (χ1n) is 39.2. The fourth-order valence-electron chi connectivity index (χ4n) is 19.1. The van der Waals surface area contributed by atoms with E-state index in [1.165, 1.54) is 169 Å². The van der Waals surface area contributed by atoms with E-state index in [2.05, 4.69) is 48.5 Å². The Hall–Kier alpha value is -8.69. The first kappa shape index (κ1) is 73.6. The summed E-state index contributed by atoms with van der Waals surface area (Å²) in [6.45, 7) is 0. The summed E-state index contributed by atoms with van der Waals surface area (Å²) in [6.07, 6.45) is 43.3. The summed E-state index contributed by atoms with van der Waals surface area (Å²) in [5, 5.41) is 33.5. The van der Waals surface area contributed by atoms with Crippen LogP contribution in [0.5, 0.6) is 0 Å². The molecule has 7 aromatic carbocycles. The first-order valence-corrected chi connectivity index (χ1v) is 39.8. The van der Waals surface area contributed by atoms with Crippen molar-refractivity contribution >= 4 is 63.2 Å². The molecule has 0 saturated heterocycles. The standard InChI is InChI=1S/C13H15ClO.3C13H13NO3.2C13H17N.C10H12/c14-8-7-13(15)12-6-5-10-3-1-2-4-11(10)9-12;15-13-6-5-9-8-3-1-2-4-10(8)12(14(16)17)7-11(9)13;15-11-6-5-9-7-8-3-1-2-4-10(8)13(12(9)11)14(16)17;15-12-6-5-10-11(12)7-8-3-1-2-4-9(8)13(10)14(16)17;14-13-8-9-4-3-7-10(9)11-5-1-2-6-12(11)13;14-13-11-6-2-1-4-9(11)8-10-5-3-7-12(10)13;1-2-6-10-8-4-3-7-9(10)5-1/h5-6,9H,1-4,7-8H2;3*7H,1-6H2;2*8H,1-7,14H2;1-2,5-6H,3-4,7-8H2. The Kier molecular flexibility index (Phi) is 23.8. The van der Waals surface area contributed by atoms with Gasteiger partial charge in [0.2, 0.25) is 0 Å². The third-order valence-electron chi connectivity index (χ3n) is 24.2. The Bertz CT molecular complexity index is 4510. The lowest BCUT2D eigenvalue weighted by atomic mass is 9.85. The zero-order chi connectivity index (χ0) is 72.5. The molecule has 19 rings (SSSR count). The van der Waals surface area contributed by atoms with Crippen LogP contribution in [0.15, 0.2) is 72.8 Å². The maximum atomic E-state index is 11.8. The quantitative estimate of drug-likeness (QED) is 0.0519. The number of anilines is 2. The SMILES string of the molecule is Nc1c2c(cc3c1CCC3)CCCC2.Nc1cc2c(c3c1CCCC3)CCC2.O=C(CCCl)c1ccc2c(c1)CCCC2.O=C1CCc2c1cc([N+](=O)[O-])c1c2CCCC1.O=C1CCc2c1cc1c(c2[N+](=O)[O-])CCCC1.O=C1CCc2cc3c(c([N+](=O)[O-])c21)CCCC3.c1ccc2c(c1)CCCC2. The largest absolute Gasteiger partial charge is 0.398 e. The molecule has 0 saturated carbocycles. The number of fused-ring (bicyclic) bond motifs is 14. The van der Waals surface area contributed by atoms with Gasteiger partial charge in [0, 0.05) is 87.9 Å². The molecule has 0 aromatic heterocycles. The van der Waals surface area contributed by atoms with E-state index in [1.807, 2.05) is 18.2 Å². The molecule has 12 aliphatic rings. The second kappa shape index (κ2) is 33.6. The zero-order valence-corrected chi connectivity index (χ0v) is 61.3. The summed E-state index contributed by atoms with van der Waals surface area (Å²) in [4.78, 5) is 79.4. The van der Waals surface area contributed by atoms with Crippen LogP contribution in [-0.4, -0.2) is 43.8 Å². The second-order valence-corrected chi connectivity index (χ2v) is 31.0. The first-order chi connectivity index (χ1) is 50.5. The van der Waals surface area contributed by atoms with Crippen LogP contribution < -0.4 is 11.5 Å². The van der Waals surface area contributed by atoms with Gasteiger partial charge in [-0.25, -0.2) is 0 Å². The highest BCUT2D eigenvalue weighted by Gasteiger charge is 2.37. The Morgan fingerprint density at radius 2 is 0.750 bits per heavy atom. The van der Waals surface area contributed by atoms with Gasteiger partial charge in [-0.3, -0.25) is 49.5 Å². The number of nitro groups is 3. The molecule has 0 spiro atoms. The van der Waals surface area contributed by atoms with E-state index in [0.29, 0.717) is 66.7 Å². The molecule has 0 fully saturated rings. The summed E-state index contributed by atoms with van der Waals surface area (Å²) in [7, 11) is 0. The fraction of sp³-hybridized carbons (Fsp3) is 0.477. The molecule has 12 aliphatic carbocycles. The van der Waals surface area contributed by atoms with Crippen molar-refractivity contribution in [3.8, 4) is 0 Å². The van der Waals surface area contributed by atoms with Crippen LogP contribution in [0, 0.1) is 30.3 Å². The predicted octanol–water partition coefficient (Wildman–Crippen LogP) is 19.0. The number of nitrogens with zero attached hydrogens (tertiary/aromatic N) is 3. The van der Waals surface area contributed by atoms with Crippen molar-refractivity contribution in [1.82, 2.24) is 0 Å². The molecule has 544 valence electrons. The van der Waals surface area contributed by atoms with Gasteiger partial charge in [-0.15, -0.1) is 11.6 Å². The van der Waals surface area contributed by atoms with Gasteiger partial charge in [0.25, 0.3) is 17.1 Å². The number of carbonyl (C=O) groups is 4. The molecule has 0 atom stereocenters. The van der Waals surface area contributed by atoms with Gasteiger partial charge < -0.3 is 11.5 Å². The molecule has 0 aliphatic heterocycles. The Morgan fingerprint density at radius 3 is 1.33 bits per heavy atom. The number of nitro benzene ring substituents is 3. The summed E-state index contributed by atoms with van der Waals surface area (Å²) in [5.41, 5.74) is 44.3. The topological polar surface area (TPSA) is 250 Å². The lowest BCUT2D eigenvalue weighted by Crippen LogP contribution is -2.10. The van der Waals surface area contributed by atoms with Gasteiger partial charge in [0.1, 0.15) is 0 Å². The number of rotatable bonds is 6. The van der Waals surface area contributed by atoms with Gasteiger partial charge in [-0.2, -0.15) is 0 Å². The summed E-state index contributed by atoms with van der Waals surface area (Å²) >= 11 is 5.57. The Balaban J connectivity index is 0.000000108. The van der Waals surface area contributed by atoms with Crippen LogP contribution in [-0.2, 0) is 135 Å². The highest BCUT2D eigenvalue weighted by molar-refractivity contribution is 6.19. The minimum atomic E-state index is -0.355. The van der Waals surface area contributed by atoms with E-state index < -0.39 is 0 Å². The van der Waals surface area contributed by atoms with Crippen molar-refractivity contribution in [2.24, 2.45) is 0 Å². The van der Waals surface area contributed by atoms with Crippen molar-refractivity contribution in [1.29, 1.82) is 0 Å². The molecule has 0 amide bonds. The average Bonchev–Trinajstić information content (AvgIpc) is 1.57. The van der Waals surface area contributed by atoms with Crippen LogP contribution in [0.4, 0.5) is 28.4 Å². The van der Waals surface area contributed by atoms with E-state index in [0.717, 1.165) is 151 Å². The van der Waals surface area contributed by atoms with Crippen LogP contribution >= 0.6 is 11.6 Å². The lowest BCUT2D eigenvalue weighted by Gasteiger charge is -2.21. The van der Waals surface area contributed by atoms with Gasteiger partial charge in [0.05, 0.1) is 20.3 Å². The maximum Gasteiger partial charge on any atom is 0.283 e. The molecular formula is C88H100ClN5O10. The normalized spacial score (nSPS) is 17.6. The van der Waals surface area contributed by atoms with Crippen molar-refractivity contribution in [3.05, 3.63) is 242 Å². The minimum Gasteiger partial charge on any atom is -0.398 e. The van der Waals surface area contributed by atoms with Gasteiger partial charge in [0.15, 0.2) is 23.1 Å². The molecule has 7 aromatic rings. The van der Waals surface area contributed by atoms with Crippen LogP contribution in [0.2, 0.25) is 0 Å². The van der Waals surface area contributed by atoms with Gasteiger partial charge in [-0.05, 0) is 350 Å². The van der Waals surface area contributed by atoms with E-state index in [1.54, 1.807) is 38.9 Å². The molecule has 0 bridgehead atoms. The zero-order valence-electron chi connectivity index (χ0n) is 60.6. The monoisotopic (exact) mass is 1420 g/mol. The molecule has 0 unspecified atom stereocenters. The molecule has 0 radical (unpaired) electrons. The average molecular weight is 1420 g/mol. The fourth-order valence-corrected chi connectivity index (χ4v) is 19.2. The smallest absolute Gasteiger partial charge is 0.283 e. The molecule has 104 heavy (non-hydrogen) atoms. The number of carbonyl (C=O) groups excluding carboxylic acids is 4. The highest BCUT2D eigenvalue weighted by atomic mass is 35.5. The molecule has 0 heterocycles. The Labute approximate surface area is 616 Å². The highest BCUT2D eigenvalue weighted by Crippen LogP contribution is 2.43. The van der Waals surface area contributed by atoms with Gasteiger partial charge >= 0.3 is 0 Å². The second-order valence-electron chi connectivity index (χ2n) is 30.6. The number of hydrogen-bond donors (Lipinski definition) is 2. The number of hydrogen-bond acceptors (Lipinski definition) is 12. The van der Waals surface area contributed by atoms with E-state index in [-0.39, 0.29) is 55.0 Å². The minimum absolute atomic E-state index is 0.0555. The third kappa shape index (κ3) is 16.1. The van der Waals surface area contributed by atoms with Crippen LogP contribution in [0.1, 0.15) is 287 Å². The van der Waals surface area contributed by atoms with Crippen molar-refractivity contribution < 1.29 is 33.9 Å². The van der Waals surface area contributed by atoms with Crippen molar-refractivity contribution in [2.75, 3.05) is 17.3 Å². The number of nitrogen functional groups attached to an aromatic ring is 2. The maximum absolute atomic E-state index is 11.8. The number of Topliss-reactive ketones (excluding diaryl/α,β-unsaturated/α-hetero) is 4. The molecule has 15 nitrogen and oxygen atoms in total. The number of ketones is 4. The molecule has 4 N–H and O–H groups in total. The predicted molar refractivity (Wildman–Crippen MR) is 412 cm³/mol. The van der Waals surface area contributed by atoms with Crippen molar-refractivity contribution in [2.45, 2.75) is 263 Å². The van der Waals surface area contributed by atoms with Crippen molar-refractivity contribution in [3.63, 3.8) is 0 Å². The Morgan fingerprint density at radius 1 is 0.337 bits per heavy atom. The number of aryl methyl sites for hydroxylation is 10. The lowest BCUT2D eigenvalue weighted by molar-refractivity contribution is -0.386. The molecular weight excluding hydrogens is 1320 g/mol. The number of nitrogens with two attached hydrogens (primary N) is 2. The molecule has 16 heteroatoms. The number of alkyl halides is 1. The van der Waals surface area contributed by atoms with Crippen LogP contribution in [0.3, 0.4) is 0 Å². The number of benzene rings is 7. The number of halogens is 1. The van der Waals surface area contributed by atoms with Crippen LogP contribution in [0.25, 0.3) is 0 Å².